The Balaban J connectivity index is 1.25. The fraction of sp³-hybridized carbons (Fsp3) is 0. The van der Waals surface area contributed by atoms with Gasteiger partial charge >= 0.3 is 0 Å². The van der Waals surface area contributed by atoms with Crippen LogP contribution in [0.1, 0.15) is 0 Å². The highest BCUT2D eigenvalue weighted by atomic mass is 15.0. The van der Waals surface area contributed by atoms with E-state index >= 15 is 0 Å². The monoisotopic (exact) mass is 701 g/mol. The lowest BCUT2D eigenvalue weighted by molar-refractivity contribution is 1.18. The van der Waals surface area contributed by atoms with E-state index in [2.05, 4.69) is 204 Å². The Bertz CT molecular complexity index is 2950. The fourth-order valence-electron chi connectivity index (χ4n) is 7.84. The number of fused-ring (bicyclic) bond motifs is 3. The first kappa shape index (κ1) is 32.3. The van der Waals surface area contributed by atoms with Crippen molar-refractivity contribution in [1.82, 2.24) is 14.5 Å². The molecule has 55 heavy (non-hydrogen) atoms. The lowest BCUT2D eigenvalue weighted by Crippen LogP contribution is -1.98. The molecular weight excluding hydrogens is 667 g/mol. The van der Waals surface area contributed by atoms with E-state index in [4.69, 9.17) is 4.98 Å². The second-order valence-corrected chi connectivity index (χ2v) is 13.9. The molecule has 0 aliphatic rings. The molecule has 3 heterocycles. The van der Waals surface area contributed by atoms with E-state index < -0.39 is 0 Å². The maximum absolute atomic E-state index is 5.19. The Morgan fingerprint density at radius 2 is 0.891 bits per heavy atom. The highest BCUT2D eigenvalue weighted by Gasteiger charge is 2.20. The van der Waals surface area contributed by atoms with Crippen molar-refractivity contribution in [1.29, 1.82) is 0 Å². The number of benzene rings is 7. The third kappa shape index (κ3) is 6.08. The van der Waals surface area contributed by atoms with Crippen LogP contribution in [0.2, 0.25) is 0 Å². The Kier molecular flexibility index (Phi) is 8.16. The van der Waals surface area contributed by atoms with Gasteiger partial charge < -0.3 is 4.57 Å². The topological polar surface area (TPSA) is 30.7 Å². The maximum atomic E-state index is 5.19. The van der Waals surface area contributed by atoms with Gasteiger partial charge in [0, 0.05) is 45.5 Å². The predicted octanol–water partition coefficient (Wildman–Crippen LogP) is 13.6. The van der Waals surface area contributed by atoms with Gasteiger partial charge in [0.1, 0.15) is 0 Å². The molecule has 0 spiro atoms. The summed E-state index contributed by atoms with van der Waals surface area (Å²) in [4.78, 5) is 9.54. The normalized spacial score (nSPS) is 11.3. The number of hydrogen-bond acceptors (Lipinski definition) is 2. The van der Waals surface area contributed by atoms with Crippen molar-refractivity contribution in [2.75, 3.05) is 0 Å². The van der Waals surface area contributed by atoms with Crippen LogP contribution in [0.15, 0.2) is 213 Å². The summed E-state index contributed by atoms with van der Waals surface area (Å²) >= 11 is 0. The van der Waals surface area contributed by atoms with Gasteiger partial charge in [-0.25, -0.2) is 4.98 Å². The molecule has 3 heteroatoms. The predicted molar refractivity (Wildman–Crippen MR) is 229 cm³/mol. The third-order valence-corrected chi connectivity index (χ3v) is 10.4. The minimum atomic E-state index is 0.893. The van der Waals surface area contributed by atoms with Crippen molar-refractivity contribution in [3.8, 4) is 72.7 Å². The largest absolute Gasteiger partial charge is 0.309 e. The third-order valence-electron chi connectivity index (χ3n) is 10.4. The highest BCUT2D eigenvalue weighted by molar-refractivity contribution is 6.15. The van der Waals surface area contributed by atoms with Gasteiger partial charge in [-0.1, -0.05) is 133 Å². The first-order chi connectivity index (χ1) is 27.3. The smallest absolute Gasteiger partial charge is 0.0725 e. The zero-order valence-corrected chi connectivity index (χ0v) is 30.0. The molecule has 0 saturated carbocycles. The van der Waals surface area contributed by atoms with Gasteiger partial charge in [0.25, 0.3) is 0 Å². The molecule has 0 fully saturated rings. The molecule has 0 N–H and O–H groups in total. The van der Waals surface area contributed by atoms with Crippen LogP contribution in [0.25, 0.3) is 94.5 Å². The van der Waals surface area contributed by atoms with Gasteiger partial charge in [-0.3, -0.25) is 4.98 Å². The summed E-state index contributed by atoms with van der Waals surface area (Å²) in [7, 11) is 0. The molecule has 3 aromatic heterocycles. The van der Waals surface area contributed by atoms with Crippen molar-refractivity contribution in [3.05, 3.63) is 213 Å². The van der Waals surface area contributed by atoms with Gasteiger partial charge in [-0.15, -0.1) is 0 Å². The summed E-state index contributed by atoms with van der Waals surface area (Å²) in [6.07, 6.45) is 3.66. The second kappa shape index (κ2) is 13.9. The molecule has 0 atom stereocenters. The van der Waals surface area contributed by atoms with Crippen LogP contribution >= 0.6 is 0 Å². The summed E-state index contributed by atoms with van der Waals surface area (Å²) in [5.41, 5.74) is 16.6. The van der Waals surface area contributed by atoms with E-state index in [1.54, 1.807) is 6.20 Å². The molecule has 0 amide bonds. The lowest BCUT2D eigenvalue weighted by atomic mass is 9.93. The number of para-hydroxylation sites is 1. The van der Waals surface area contributed by atoms with Gasteiger partial charge in [-0.05, 0) is 106 Å². The first-order valence-corrected chi connectivity index (χ1v) is 18.6. The molecule has 0 radical (unpaired) electrons. The van der Waals surface area contributed by atoms with Crippen molar-refractivity contribution in [2.45, 2.75) is 0 Å². The molecule has 258 valence electrons. The Morgan fingerprint density at radius 1 is 0.345 bits per heavy atom. The molecule has 10 rings (SSSR count). The lowest BCUT2D eigenvalue weighted by Gasteiger charge is -2.17. The number of rotatable bonds is 7. The van der Waals surface area contributed by atoms with E-state index in [-0.39, 0.29) is 0 Å². The molecule has 0 bridgehead atoms. The van der Waals surface area contributed by atoms with E-state index in [9.17, 15) is 0 Å². The zero-order chi connectivity index (χ0) is 36.6. The summed E-state index contributed by atoms with van der Waals surface area (Å²) in [5, 5.41) is 2.42. The Morgan fingerprint density at radius 3 is 1.62 bits per heavy atom. The summed E-state index contributed by atoms with van der Waals surface area (Å²) < 4.78 is 2.46. The Hall–Kier alpha value is -7.36. The summed E-state index contributed by atoms with van der Waals surface area (Å²) in [5.74, 6) is 0. The van der Waals surface area contributed by atoms with Crippen molar-refractivity contribution in [2.24, 2.45) is 0 Å². The van der Waals surface area contributed by atoms with E-state index in [1.807, 2.05) is 12.3 Å². The van der Waals surface area contributed by atoms with Crippen molar-refractivity contribution >= 4 is 21.8 Å². The first-order valence-electron chi connectivity index (χ1n) is 18.6. The van der Waals surface area contributed by atoms with Crippen LogP contribution in [-0.2, 0) is 0 Å². The number of hydrogen-bond donors (Lipinski definition) is 0. The van der Waals surface area contributed by atoms with Crippen LogP contribution in [-0.4, -0.2) is 14.5 Å². The molecule has 0 saturated heterocycles. The van der Waals surface area contributed by atoms with Gasteiger partial charge in [0.15, 0.2) is 0 Å². The highest BCUT2D eigenvalue weighted by Crippen LogP contribution is 2.43. The second-order valence-electron chi connectivity index (χ2n) is 13.9. The van der Waals surface area contributed by atoms with Gasteiger partial charge in [0.2, 0.25) is 0 Å². The molecular formula is C52H35N3. The minimum absolute atomic E-state index is 0.893. The average Bonchev–Trinajstić information content (AvgIpc) is 3.61. The molecule has 7 aromatic carbocycles. The number of pyridine rings is 2. The molecule has 10 aromatic rings. The number of aromatic nitrogens is 3. The van der Waals surface area contributed by atoms with Gasteiger partial charge in [-0.2, -0.15) is 0 Å². The summed E-state index contributed by atoms with van der Waals surface area (Å²) in [6.45, 7) is 0. The van der Waals surface area contributed by atoms with Gasteiger partial charge in [0.05, 0.1) is 22.4 Å². The fourth-order valence-corrected chi connectivity index (χ4v) is 7.84. The van der Waals surface area contributed by atoms with Crippen LogP contribution in [0.5, 0.6) is 0 Å². The minimum Gasteiger partial charge on any atom is -0.309 e. The van der Waals surface area contributed by atoms with Crippen LogP contribution in [0, 0.1) is 0 Å². The van der Waals surface area contributed by atoms with Crippen LogP contribution in [0.4, 0.5) is 0 Å². The average molecular weight is 702 g/mol. The zero-order valence-electron chi connectivity index (χ0n) is 30.0. The van der Waals surface area contributed by atoms with Crippen molar-refractivity contribution in [3.63, 3.8) is 0 Å². The van der Waals surface area contributed by atoms with Crippen LogP contribution < -0.4 is 0 Å². The molecule has 3 nitrogen and oxygen atoms in total. The molecule has 0 unspecified atom stereocenters. The quantitative estimate of drug-likeness (QED) is 0.166. The van der Waals surface area contributed by atoms with Crippen molar-refractivity contribution < 1.29 is 0 Å². The van der Waals surface area contributed by atoms with E-state index in [1.165, 1.54) is 49.7 Å². The standard InChI is InChI=1S/C52H35N3/c1-4-15-36(16-5-1)39-21-12-22-40(29-39)43-33-47(38-19-8-3-9-20-38)52-48(34-43)46-24-10-11-27-51(46)55(52)45-31-42(37-17-6-2-7-18-37)30-44(32-45)50-26-13-25-49(54-50)41-23-14-28-53-35-41/h1-35H. The Labute approximate surface area is 320 Å². The molecule has 0 aliphatic heterocycles. The maximum Gasteiger partial charge on any atom is 0.0725 e. The number of nitrogens with zero attached hydrogens (tertiary/aromatic N) is 3. The SMILES string of the molecule is c1ccc(-c2cccc(-c3cc(-c4ccccc4)c4c(c3)c3ccccc3n4-c3cc(-c4ccccc4)cc(-c4cccc(-c5cccnc5)n4)c3)c2)cc1. The van der Waals surface area contributed by atoms with E-state index in [0.29, 0.717) is 0 Å². The molecule has 0 aliphatic carbocycles. The van der Waals surface area contributed by atoms with Crippen LogP contribution in [0.3, 0.4) is 0 Å². The van der Waals surface area contributed by atoms with E-state index in [0.717, 1.165) is 44.8 Å². The summed E-state index contributed by atoms with van der Waals surface area (Å²) in [6, 6.07) is 71.6.